The molecular formula is C21H30O2. The van der Waals surface area contributed by atoms with Crippen molar-refractivity contribution in [1.82, 2.24) is 0 Å². The average Bonchev–Trinajstić information content (AvgIpc) is 2.55. The first-order valence-electron chi connectivity index (χ1n) is 8.76. The summed E-state index contributed by atoms with van der Waals surface area (Å²) >= 11 is 0. The zero-order chi connectivity index (χ0) is 16.8. The van der Waals surface area contributed by atoms with Crippen LogP contribution in [0.2, 0.25) is 0 Å². The van der Waals surface area contributed by atoms with Crippen molar-refractivity contribution in [3.63, 3.8) is 0 Å². The summed E-state index contributed by atoms with van der Waals surface area (Å²) in [6.07, 6.45) is 22.3. The summed E-state index contributed by atoms with van der Waals surface area (Å²) < 4.78 is 0. The molecule has 0 aliphatic heterocycles. The first kappa shape index (κ1) is 19.1. The third-order valence-electron chi connectivity index (χ3n) is 3.77. The minimum Gasteiger partial charge on any atom is -0.504 e. The van der Waals surface area contributed by atoms with Gasteiger partial charge >= 0.3 is 0 Å². The van der Waals surface area contributed by atoms with Gasteiger partial charge in [0.25, 0.3) is 0 Å². The molecule has 0 fully saturated rings. The van der Waals surface area contributed by atoms with Gasteiger partial charge in [-0.15, -0.1) is 0 Å². The van der Waals surface area contributed by atoms with E-state index in [1.165, 1.54) is 51.0 Å². The highest BCUT2D eigenvalue weighted by Crippen LogP contribution is 2.28. The predicted octanol–water partition coefficient (Wildman–Crippen LogP) is 6.36. The minimum absolute atomic E-state index is 0.0772. The molecule has 0 saturated carbocycles. The Kier molecular flexibility index (Phi) is 10.4. The molecule has 2 heteroatoms. The van der Waals surface area contributed by atoms with Gasteiger partial charge in [0.1, 0.15) is 0 Å². The van der Waals surface area contributed by atoms with Gasteiger partial charge in [-0.05, 0) is 18.9 Å². The number of benzene rings is 1. The summed E-state index contributed by atoms with van der Waals surface area (Å²) in [5, 5.41) is 19.0. The largest absolute Gasteiger partial charge is 0.504 e. The van der Waals surface area contributed by atoms with Crippen LogP contribution in [-0.4, -0.2) is 10.2 Å². The Balaban J connectivity index is 2.14. The van der Waals surface area contributed by atoms with Gasteiger partial charge in [0.15, 0.2) is 11.5 Å². The second kappa shape index (κ2) is 12.6. The van der Waals surface area contributed by atoms with Gasteiger partial charge < -0.3 is 10.2 Å². The molecule has 0 radical (unpaired) electrons. The van der Waals surface area contributed by atoms with E-state index in [-0.39, 0.29) is 11.5 Å². The van der Waals surface area contributed by atoms with Crippen LogP contribution in [0.5, 0.6) is 11.5 Å². The summed E-state index contributed by atoms with van der Waals surface area (Å²) in [4.78, 5) is 0. The van der Waals surface area contributed by atoms with Crippen molar-refractivity contribution in [2.45, 2.75) is 58.3 Å². The van der Waals surface area contributed by atoms with E-state index in [1.807, 2.05) is 18.2 Å². The Morgan fingerprint density at radius 3 is 2.30 bits per heavy atom. The molecule has 126 valence electrons. The van der Waals surface area contributed by atoms with Crippen LogP contribution in [0.3, 0.4) is 0 Å². The van der Waals surface area contributed by atoms with Gasteiger partial charge in [0.05, 0.1) is 0 Å². The van der Waals surface area contributed by atoms with E-state index in [0.717, 1.165) is 6.42 Å². The summed E-state index contributed by atoms with van der Waals surface area (Å²) in [5.41, 5.74) is 0.613. The van der Waals surface area contributed by atoms with Crippen LogP contribution in [-0.2, 0) is 0 Å². The average molecular weight is 314 g/mol. The summed E-state index contributed by atoms with van der Waals surface area (Å²) in [5.74, 6) is -0.169. The van der Waals surface area contributed by atoms with Gasteiger partial charge in [-0.1, -0.05) is 94.0 Å². The van der Waals surface area contributed by atoms with Crippen molar-refractivity contribution in [2.24, 2.45) is 0 Å². The molecule has 1 aromatic carbocycles. The second-order valence-corrected chi connectivity index (χ2v) is 5.80. The molecule has 2 N–H and O–H groups in total. The molecule has 0 amide bonds. The molecule has 0 saturated heterocycles. The maximum atomic E-state index is 9.65. The Hall–Kier alpha value is -1.96. The van der Waals surface area contributed by atoms with Gasteiger partial charge in [0, 0.05) is 5.56 Å². The zero-order valence-electron chi connectivity index (χ0n) is 14.2. The van der Waals surface area contributed by atoms with Gasteiger partial charge in [-0.2, -0.15) is 0 Å². The quantitative estimate of drug-likeness (QED) is 0.283. The molecule has 0 bridgehead atoms. The molecule has 1 rings (SSSR count). The highest BCUT2D eigenvalue weighted by Gasteiger charge is 2.00. The molecule has 0 spiro atoms. The van der Waals surface area contributed by atoms with E-state index < -0.39 is 0 Å². The molecule has 0 unspecified atom stereocenters. The van der Waals surface area contributed by atoms with E-state index in [0.29, 0.717) is 5.56 Å². The number of phenols is 2. The second-order valence-electron chi connectivity index (χ2n) is 5.80. The van der Waals surface area contributed by atoms with E-state index in [1.54, 1.807) is 18.2 Å². The number of aromatic hydroxyl groups is 2. The predicted molar refractivity (Wildman–Crippen MR) is 99.7 cm³/mol. The number of phenolic OH excluding ortho intramolecular Hbond substituents is 2. The Labute approximate surface area is 140 Å². The molecule has 1 aromatic rings. The number of hydrogen-bond acceptors (Lipinski definition) is 2. The number of para-hydroxylation sites is 1. The van der Waals surface area contributed by atoms with Crippen LogP contribution in [0.25, 0.3) is 6.08 Å². The fourth-order valence-corrected chi connectivity index (χ4v) is 2.36. The smallest absolute Gasteiger partial charge is 0.164 e. The fraction of sp³-hybridized carbons (Fsp3) is 0.429. The highest BCUT2D eigenvalue weighted by atomic mass is 16.3. The van der Waals surface area contributed by atoms with Crippen molar-refractivity contribution < 1.29 is 10.2 Å². The summed E-state index contributed by atoms with van der Waals surface area (Å²) in [6, 6.07) is 4.94. The Morgan fingerprint density at radius 2 is 1.52 bits per heavy atom. The molecule has 2 nitrogen and oxygen atoms in total. The lowest BCUT2D eigenvalue weighted by Gasteiger charge is -1.99. The number of unbranched alkanes of at least 4 members (excludes halogenated alkanes) is 7. The molecule has 0 atom stereocenters. The zero-order valence-corrected chi connectivity index (χ0v) is 14.2. The van der Waals surface area contributed by atoms with Crippen molar-refractivity contribution >= 4 is 6.08 Å². The van der Waals surface area contributed by atoms with Gasteiger partial charge in [0.2, 0.25) is 0 Å². The first-order valence-corrected chi connectivity index (χ1v) is 8.76. The molecular weight excluding hydrogens is 284 g/mol. The molecule has 0 aromatic heterocycles. The Bertz CT molecular complexity index is 513. The topological polar surface area (TPSA) is 40.5 Å². The lowest BCUT2D eigenvalue weighted by Crippen LogP contribution is -1.78. The fourth-order valence-electron chi connectivity index (χ4n) is 2.36. The van der Waals surface area contributed by atoms with Crippen LogP contribution in [0.4, 0.5) is 0 Å². The van der Waals surface area contributed by atoms with E-state index >= 15 is 0 Å². The van der Waals surface area contributed by atoms with Gasteiger partial charge in [-0.25, -0.2) is 0 Å². The highest BCUT2D eigenvalue weighted by molar-refractivity contribution is 5.62. The van der Waals surface area contributed by atoms with Crippen LogP contribution >= 0.6 is 0 Å². The van der Waals surface area contributed by atoms with Gasteiger partial charge in [-0.3, -0.25) is 0 Å². The van der Waals surface area contributed by atoms with Crippen molar-refractivity contribution in [3.05, 3.63) is 54.1 Å². The minimum atomic E-state index is -0.0919. The van der Waals surface area contributed by atoms with Crippen molar-refractivity contribution in [2.75, 3.05) is 0 Å². The van der Waals surface area contributed by atoms with Crippen LogP contribution in [0.1, 0.15) is 63.9 Å². The lowest BCUT2D eigenvalue weighted by molar-refractivity contribution is 0.403. The summed E-state index contributed by atoms with van der Waals surface area (Å²) in [7, 11) is 0. The standard InChI is InChI=1S/C21H30O2/c1-2-3-4-5-6-7-8-9-10-11-12-13-14-16-19-17-15-18-20(22)21(19)23/h10-18,22-23H,2-9H2,1H3/b11-10?,13-12+,16-14-. The number of allylic oxidation sites excluding steroid dienone is 5. The first-order chi connectivity index (χ1) is 11.3. The van der Waals surface area contributed by atoms with E-state index in [2.05, 4.69) is 19.1 Å². The SMILES string of the molecule is CCCCCCCCCC=C/C=C/C=C\c1cccc(O)c1O. The normalized spacial score (nSPS) is 12.0. The van der Waals surface area contributed by atoms with Crippen LogP contribution in [0.15, 0.2) is 48.6 Å². The van der Waals surface area contributed by atoms with Crippen LogP contribution in [0, 0.1) is 0 Å². The van der Waals surface area contributed by atoms with Crippen LogP contribution < -0.4 is 0 Å². The van der Waals surface area contributed by atoms with E-state index in [4.69, 9.17) is 0 Å². The van der Waals surface area contributed by atoms with E-state index in [9.17, 15) is 10.2 Å². The molecule has 0 aliphatic carbocycles. The Morgan fingerprint density at radius 1 is 0.826 bits per heavy atom. The maximum absolute atomic E-state index is 9.65. The number of rotatable bonds is 11. The maximum Gasteiger partial charge on any atom is 0.164 e. The third-order valence-corrected chi connectivity index (χ3v) is 3.77. The lowest BCUT2D eigenvalue weighted by atomic mass is 10.1. The van der Waals surface area contributed by atoms with Crippen molar-refractivity contribution in [3.8, 4) is 11.5 Å². The summed E-state index contributed by atoms with van der Waals surface area (Å²) in [6.45, 7) is 2.25. The third kappa shape index (κ3) is 8.92. The molecule has 23 heavy (non-hydrogen) atoms. The number of hydrogen-bond donors (Lipinski definition) is 2. The molecule has 0 aliphatic rings. The van der Waals surface area contributed by atoms with Crippen molar-refractivity contribution in [1.29, 1.82) is 0 Å². The monoisotopic (exact) mass is 314 g/mol. The molecule has 0 heterocycles.